The maximum atomic E-state index is 12.2. The van der Waals surface area contributed by atoms with E-state index in [2.05, 4.69) is 5.32 Å². The Morgan fingerprint density at radius 3 is 2.76 bits per heavy atom. The van der Waals surface area contributed by atoms with Gasteiger partial charge in [0.2, 0.25) is 5.91 Å². The molecule has 1 aromatic rings. The van der Waals surface area contributed by atoms with E-state index in [1.54, 1.807) is 25.1 Å². The number of nitrogens with zero attached hydrogens (tertiary/aromatic N) is 1. The van der Waals surface area contributed by atoms with Crippen molar-refractivity contribution in [3.63, 3.8) is 0 Å². The Labute approximate surface area is 132 Å². The first-order valence-electron chi connectivity index (χ1n) is 6.62. The van der Waals surface area contributed by atoms with Crippen molar-refractivity contribution < 1.29 is 14.7 Å². The number of β-amino-alcohol motifs (C(OH)–C–C–N with tert-alkyl or cyclic N) is 1. The molecule has 1 fully saturated rings. The Kier molecular flexibility index (Phi) is 5.08. The van der Waals surface area contributed by atoms with Crippen molar-refractivity contribution in [1.29, 1.82) is 0 Å². The van der Waals surface area contributed by atoms with Crippen molar-refractivity contribution in [2.75, 3.05) is 13.1 Å². The van der Waals surface area contributed by atoms with Crippen LogP contribution >= 0.6 is 23.2 Å². The summed E-state index contributed by atoms with van der Waals surface area (Å²) in [6.07, 6.45) is 0.0752. The molecular formula is C14H16Cl2N2O3. The standard InChI is InChI=1S/C14H16Cl2N2O3/c1-8(14(21)18-6-5-9(19)7-18)17-13(20)10-3-2-4-11(15)12(10)16/h2-4,8-9,19H,5-7H2,1H3,(H,17,20)/t8?,9-/m1/s1. The van der Waals surface area contributed by atoms with Crippen LogP contribution in [0.15, 0.2) is 18.2 Å². The highest BCUT2D eigenvalue weighted by Gasteiger charge is 2.29. The highest BCUT2D eigenvalue weighted by Crippen LogP contribution is 2.25. The van der Waals surface area contributed by atoms with Gasteiger partial charge in [-0.3, -0.25) is 9.59 Å². The summed E-state index contributed by atoms with van der Waals surface area (Å²) >= 11 is 11.8. The number of carbonyl (C=O) groups is 2. The summed E-state index contributed by atoms with van der Waals surface area (Å²) in [5.74, 6) is -0.679. The summed E-state index contributed by atoms with van der Waals surface area (Å²) in [4.78, 5) is 25.8. The van der Waals surface area contributed by atoms with E-state index in [0.717, 1.165) is 0 Å². The molecule has 7 heteroatoms. The number of carbonyl (C=O) groups excluding carboxylic acids is 2. The molecule has 1 aliphatic heterocycles. The molecule has 2 rings (SSSR count). The van der Waals surface area contributed by atoms with Gasteiger partial charge in [0.15, 0.2) is 0 Å². The first kappa shape index (κ1) is 16.1. The van der Waals surface area contributed by atoms with Gasteiger partial charge in [-0.25, -0.2) is 0 Å². The van der Waals surface area contributed by atoms with Gasteiger partial charge in [0.1, 0.15) is 6.04 Å². The monoisotopic (exact) mass is 330 g/mol. The number of aliphatic hydroxyl groups is 1. The number of benzene rings is 1. The molecule has 0 aliphatic carbocycles. The Balaban J connectivity index is 2.02. The van der Waals surface area contributed by atoms with E-state index < -0.39 is 18.1 Å². The minimum absolute atomic E-state index is 0.160. The fourth-order valence-electron chi connectivity index (χ4n) is 2.23. The number of hydrogen-bond donors (Lipinski definition) is 2. The van der Waals surface area contributed by atoms with Crippen LogP contribution in [0.4, 0.5) is 0 Å². The van der Waals surface area contributed by atoms with Gasteiger partial charge in [-0.15, -0.1) is 0 Å². The Hall–Kier alpha value is -1.30. The van der Waals surface area contributed by atoms with Crippen LogP contribution in [0, 0.1) is 0 Å². The van der Waals surface area contributed by atoms with E-state index in [-0.39, 0.29) is 21.5 Å². The number of hydrogen-bond acceptors (Lipinski definition) is 3. The van der Waals surface area contributed by atoms with Crippen molar-refractivity contribution in [2.24, 2.45) is 0 Å². The van der Waals surface area contributed by atoms with Gasteiger partial charge in [-0.1, -0.05) is 29.3 Å². The number of rotatable bonds is 3. The molecular weight excluding hydrogens is 315 g/mol. The Morgan fingerprint density at radius 2 is 2.14 bits per heavy atom. The van der Waals surface area contributed by atoms with Crippen molar-refractivity contribution >= 4 is 35.0 Å². The van der Waals surface area contributed by atoms with Crippen LogP contribution in [0.25, 0.3) is 0 Å². The normalized spacial score (nSPS) is 19.4. The zero-order valence-electron chi connectivity index (χ0n) is 11.5. The van der Waals surface area contributed by atoms with Crippen LogP contribution in [0.2, 0.25) is 10.0 Å². The van der Waals surface area contributed by atoms with Gasteiger partial charge in [-0.2, -0.15) is 0 Å². The van der Waals surface area contributed by atoms with Gasteiger partial charge in [0, 0.05) is 13.1 Å². The molecule has 1 heterocycles. The Morgan fingerprint density at radius 1 is 1.43 bits per heavy atom. The van der Waals surface area contributed by atoms with Crippen LogP contribution < -0.4 is 5.32 Å². The second-order valence-electron chi connectivity index (χ2n) is 5.02. The van der Waals surface area contributed by atoms with Crippen molar-refractivity contribution in [3.8, 4) is 0 Å². The van der Waals surface area contributed by atoms with Gasteiger partial charge in [-0.05, 0) is 25.5 Å². The number of aliphatic hydroxyl groups excluding tert-OH is 1. The molecule has 0 radical (unpaired) electrons. The summed E-state index contributed by atoms with van der Waals surface area (Å²) in [6.45, 7) is 2.40. The largest absolute Gasteiger partial charge is 0.391 e. The number of likely N-dealkylation sites (tertiary alicyclic amines) is 1. The first-order chi connectivity index (χ1) is 9.90. The summed E-state index contributed by atoms with van der Waals surface area (Å²) in [5.41, 5.74) is 0.227. The van der Waals surface area contributed by atoms with E-state index in [4.69, 9.17) is 23.2 Å². The van der Waals surface area contributed by atoms with Crippen molar-refractivity contribution in [2.45, 2.75) is 25.5 Å². The summed E-state index contributed by atoms with van der Waals surface area (Å²) in [6, 6.07) is 4.05. The average molecular weight is 331 g/mol. The maximum absolute atomic E-state index is 12.2. The third kappa shape index (κ3) is 3.67. The van der Waals surface area contributed by atoms with Crippen LogP contribution in [0.5, 0.6) is 0 Å². The van der Waals surface area contributed by atoms with Gasteiger partial charge in [0.25, 0.3) is 5.91 Å². The molecule has 2 amide bonds. The first-order valence-corrected chi connectivity index (χ1v) is 7.37. The van der Waals surface area contributed by atoms with E-state index in [0.29, 0.717) is 19.5 Å². The highest BCUT2D eigenvalue weighted by atomic mass is 35.5. The van der Waals surface area contributed by atoms with Crippen molar-refractivity contribution in [1.82, 2.24) is 10.2 Å². The van der Waals surface area contributed by atoms with Crippen LogP contribution in [0.1, 0.15) is 23.7 Å². The smallest absolute Gasteiger partial charge is 0.253 e. The lowest BCUT2D eigenvalue weighted by Gasteiger charge is -2.21. The summed E-state index contributed by atoms with van der Waals surface area (Å²) in [5, 5.41) is 12.5. The number of halogens is 2. The summed E-state index contributed by atoms with van der Waals surface area (Å²) in [7, 11) is 0. The Bertz CT molecular complexity index is 565. The quantitative estimate of drug-likeness (QED) is 0.886. The second kappa shape index (κ2) is 6.64. The minimum atomic E-state index is -0.696. The molecule has 5 nitrogen and oxygen atoms in total. The van der Waals surface area contributed by atoms with Crippen LogP contribution in [-0.4, -0.2) is 47.1 Å². The zero-order chi connectivity index (χ0) is 15.6. The molecule has 0 aromatic heterocycles. The fourth-order valence-corrected chi connectivity index (χ4v) is 2.62. The molecule has 1 saturated heterocycles. The third-order valence-electron chi connectivity index (χ3n) is 3.39. The highest BCUT2D eigenvalue weighted by molar-refractivity contribution is 6.43. The fraction of sp³-hybridized carbons (Fsp3) is 0.429. The predicted molar refractivity (Wildman–Crippen MR) is 80.6 cm³/mol. The molecule has 2 N–H and O–H groups in total. The lowest BCUT2D eigenvalue weighted by Crippen LogP contribution is -2.46. The van der Waals surface area contributed by atoms with E-state index in [1.165, 1.54) is 4.90 Å². The van der Waals surface area contributed by atoms with Gasteiger partial charge >= 0.3 is 0 Å². The molecule has 1 unspecified atom stereocenters. The predicted octanol–water partition coefficient (Wildman–Crippen LogP) is 1.70. The van der Waals surface area contributed by atoms with Crippen LogP contribution in [-0.2, 0) is 4.79 Å². The average Bonchev–Trinajstić information content (AvgIpc) is 2.87. The lowest BCUT2D eigenvalue weighted by atomic mass is 10.2. The summed E-state index contributed by atoms with van der Waals surface area (Å²) < 4.78 is 0. The number of nitrogens with one attached hydrogen (secondary N) is 1. The second-order valence-corrected chi connectivity index (χ2v) is 5.81. The molecule has 0 bridgehead atoms. The molecule has 2 atom stereocenters. The number of amides is 2. The van der Waals surface area contributed by atoms with E-state index in [1.807, 2.05) is 0 Å². The zero-order valence-corrected chi connectivity index (χ0v) is 13.0. The lowest BCUT2D eigenvalue weighted by molar-refractivity contribution is -0.132. The maximum Gasteiger partial charge on any atom is 0.253 e. The minimum Gasteiger partial charge on any atom is -0.391 e. The van der Waals surface area contributed by atoms with Gasteiger partial charge < -0.3 is 15.3 Å². The van der Waals surface area contributed by atoms with Gasteiger partial charge in [0.05, 0.1) is 21.7 Å². The van der Waals surface area contributed by atoms with E-state index in [9.17, 15) is 14.7 Å². The van der Waals surface area contributed by atoms with E-state index >= 15 is 0 Å². The third-order valence-corrected chi connectivity index (χ3v) is 4.21. The molecule has 1 aromatic carbocycles. The topological polar surface area (TPSA) is 69.6 Å². The molecule has 0 saturated carbocycles. The van der Waals surface area contributed by atoms with Crippen LogP contribution in [0.3, 0.4) is 0 Å². The molecule has 1 aliphatic rings. The molecule has 0 spiro atoms. The van der Waals surface area contributed by atoms with Crippen molar-refractivity contribution in [3.05, 3.63) is 33.8 Å². The molecule has 21 heavy (non-hydrogen) atoms. The molecule has 114 valence electrons. The SMILES string of the molecule is CC(NC(=O)c1cccc(Cl)c1Cl)C(=O)N1CC[C@@H](O)C1.